The van der Waals surface area contributed by atoms with E-state index >= 15 is 0 Å². The molecule has 5 heterocycles. The molecule has 2 aromatic heterocycles. The molecule has 236 valence electrons. The summed E-state index contributed by atoms with van der Waals surface area (Å²) in [6.07, 6.45) is 0. The van der Waals surface area contributed by atoms with E-state index in [1.54, 1.807) is 0 Å². The molecule has 3 aliphatic rings. The minimum atomic E-state index is -0.0730. The molecule has 6 aromatic carbocycles. The van der Waals surface area contributed by atoms with Gasteiger partial charge in [-0.3, -0.25) is 0 Å². The molecule has 0 spiro atoms. The van der Waals surface area contributed by atoms with Crippen molar-refractivity contribution in [3.8, 4) is 22.6 Å². The number of furan rings is 1. The highest BCUT2D eigenvalue weighted by Crippen LogP contribution is 2.55. The second-order valence-corrected chi connectivity index (χ2v) is 16.2. The zero-order chi connectivity index (χ0) is 33.1. The van der Waals surface area contributed by atoms with Gasteiger partial charge in [0, 0.05) is 49.4 Å². The third kappa shape index (κ3) is 3.40. The molecule has 11 rings (SSSR count). The van der Waals surface area contributed by atoms with Gasteiger partial charge in [0.15, 0.2) is 11.5 Å². The number of para-hydroxylation sites is 4. The molecule has 5 heteroatoms. The van der Waals surface area contributed by atoms with Crippen LogP contribution in [0.25, 0.3) is 54.9 Å². The van der Waals surface area contributed by atoms with Crippen LogP contribution in [0.3, 0.4) is 0 Å². The Balaban J connectivity index is 1.40. The average Bonchev–Trinajstić information content (AvgIpc) is 3.62. The van der Waals surface area contributed by atoms with Crippen LogP contribution in [0.4, 0.5) is 17.1 Å². The van der Waals surface area contributed by atoms with E-state index in [2.05, 4.69) is 154 Å². The Labute approximate surface area is 285 Å². The van der Waals surface area contributed by atoms with Crippen LogP contribution < -0.4 is 20.6 Å². The molecule has 0 saturated carbocycles. The average molecular weight is 635 g/mol. The fourth-order valence-corrected chi connectivity index (χ4v) is 8.85. The molecule has 0 aliphatic carbocycles. The highest BCUT2D eigenvalue weighted by atomic mass is 16.5. The summed E-state index contributed by atoms with van der Waals surface area (Å²) in [6.45, 7) is 13.8. The number of hydrogen-bond acceptors (Lipinski definition) is 3. The Morgan fingerprint density at radius 1 is 0.612 bits per heavy atom. The summed E-state index contributed by atoms with van der Waals surface area (Å²) in [4.78, 5) is 2.46. The molecule has 0 amide bonds. The molecule has 0 atom stereocenters. The Bertz CT molecular complexity index is 2790. The molecule has 0 bridgehead atoms. The van der Waals surface area contributed by atoms with E-state index < -0.39 is 0 Å². The van der Waals surface area contributed by atoms with Gasteiger partial charge in [-0.15, -0.1) is 0 Å². The van der Waals surface area contributed by atoms with Crippen molar-refractivity contribution in [2.45, 2.75) is 52.4 Å². The normalized spacial score (nSPS) is 14.4. The quantitative estimate of drug-likeness (QED) is 0.156. The number of hydrogen-bond donors (Lipinski definition) is 0. The molecule has 8 aromatic rings. The lowest BCUT2D eigenvalue weighted by Crippen LogP contribution is -2.57. The zero-order valence-electron chi connectivity index (χ0n) is 28.6. The third-order valence-electron chi connectivity index (χ3n) is 11.2. The van der Waals surface area contributed by atoms with Crippen LogP contribution in [0, 0.1) is 0 Å². The van der Waals surface area contributed by atoms with Crippen molar-refractivity contribution in [1.29, 1.82) is 0 Å². The van der Waals surface area contributed by atoms with Gasteiger partial charge in [-0.25, -0.2) is 0 Å². The fourth-order valence-electron chi connectivity index (χ4n) is 8.85. The molecule has 0 radical (unpaired) electrons. The van der Waals surface area contributed by atoms with E-state index in [-0.39, 0.29) is 17.7 Å². The van der Waals surface area contributed by atoms with E-state index in [1.807, 2.05) is 0 Å². The monoisotopic (exact) mass is 634 g/mol. The van der Waals surface area contributed by atoms with Gasteiger partial charge in [0.1, 0.15) is 11.2 Å². The fraction of sp³-hybridized carbons (Fsp3) is 0.182. The second-order valence-electron chi connectivity index (χ2n) is 16.2. The van der Waals surface area contributed by atoms with Crippen LogP contribution in [0.5, 0.6) is 11.5 Å². The number of anilines is 3. The molecule has 4 nitrogen and oxygen atoms in total. The van der Waals surface area contributed by atoms with Crippen LogP contribution in [-0.4, -0.2) is 11.3 Å². The highest BCUT2D eigenvalue weighted by Gasteiger charge is 2.47. The van der Waals surface area contributed by atoms with Gasteiger partial charge in [0.05, 0.1) is 11.4 Å². The first-order valence-electron chi connectivity index (χ1n) is 17.4. The van der Waals surface area contributed by atoms with E-state index in [1.165, 1.54) is 60.7 Å². The van der Waals surface area contributed by atoms with Gasteiger partial charge in [0.25, 0.3) is 0 Å². The Morgan fingerprint density at radius 3 is 2.20 bits per heavy atom. The summed E-state index contributed by atoms with van der Waals surface area (Å²) in [6, 6.07) is 38.0. The number of ether oxygens (including phenoxy) is 1. The molecule has 0 unspecified atom stereocenters. The van der Waals surface area contributed by atoms with Crippen LogP contribution in [0.2, 0.25) is 0 Å². The maximum Gasteiger partial charge on any atom is 0.333 e. The molecular formula is C44H35BN2O2. The number of benzene rings is 6. The number of nitrogens with zero attached hydrogens (tertiary/aromatic N) is 2. The summed E-state index contributed by atoms with van der Waals surface area (Å²) in [5, 5.41) is 4.89. The maximum absolute atomic E-state index is 6.94. The lowest BCUT2D eigenvalue weighted by Gasteiger charge is -2.43. The number of fused-ring (bicyclic) bond motifs is 13. The summed E-state index contributed by atoms with van der Waals surface area (Å²) in [5.41, 5.74) is 15.4. The van der Waals surface area contributed by atoms with Crippen molar-refractivity contribution in [2.75, 3.05) is 4.90 Å². The minimum Gasteiger partial charge on any atom is -0.455 e. The first kappa shape index (κ1) is 27.5. The predicted octanol–water partition coefficient (Wildman–Crippen LogP) is 10.8. The zero-order valence-corrected chi connectivity index (χ0v) is 28.6. The molecule has 0 fully saturated rings. The smallest absolute Gasteiger partial charge is 0.333 e. The van der Waals surface area contributed by atoms with Crippen molar-refractivity contribution in [2.24, 2.45) is 0 Å². The summed E-state index contributed by atoms with van der Waals surface area (Å²) < 4.78 is 16.2. The van der Waals surface area contributed by atoms with Crippen molar-refractivity contribution in [1.82, 2.24) is 4.48 Å². The van der Waals surface area contributed by atoms with Gasteiger partial charge in [-0.2, -0.15) is 0 Å². The summed E-state index contributed by atoms with van der Waals surface area (Å²) in [5.74, 6) is 1.75. The molecular weight excluding hydrogens is 599 g/mol. The molecule has 0 saturated heterocycles. The van der Waals surface area contributed by atoms with Gasteiger partial charge in [-0.1, -0.05) is 90.1 Å². The Morgan fingerprint density at radius 2 is 1.37 bits per heavy atom. The van der Waals surface area contributed by atoms with Crippen LogP contribution in [0.1, 0.15) is 52.7 Å². The lowest BCUT2D eigenvalue weighted by atomic mass is 9.45. The minimum absolute atomic E-state index is 0.0262. The van der Waals surface area contributed by atoms with E-state index in [0.29, 0.717) is 0 Å². The Kier molecular flexibility index (Phi) is 4.93. The van der Waals surface area contributed by atoms with Crippen molar-refractivity contribution in [3.05, 3.63) is 114 Å². The van der Waals surface area contributed by atoms with E-state index in [4.69, 9.17) is 9.15 Å². The van der Waals surface area contributed by atoms with E-state index in [9.17, 15) is 0 Å². The van der Waals surface area contributed by atoms with Crippen molar-refractivity contribution in [3.63, 3.8) is 0 Å². The summed E-state index contributed by atoms with van der Waals surface area (Å²) >= 11 is 0. The SMILES string of the molecule is CC(C)(C)c1ccc2c(c1)c1cc(C(C)(C)C)cc3c1n2B1c2cccc4c2N(c2ccccc2O4)c2cc4c(oc5ccccc54)c-3c21. The maximum atomic E-state index is 6.94. The van der Waals surface area contributed by atoms with Gasteiger partial charge in [0.2, 0.25) is 0 Å². The van der Waals surface area contributed by atoms with E-state index in [0.717, 1.165) is 44.8 Å². The highest BCUT2D eigenvalue weighted by molar-refractivity contribution is 6.90. The third-order valence-corrected chi connectivity index (χ3v) is 11.2. The van der Waals surface area contributed by atoms with Gasteiger partial charge >= 0.3 is 6.85 Å². The van der Waals surface area contributed by atoms with Crippen LogP contribution >= 0.6 is 0 Å². The number of rotatable bonds is 0. The molecule has 49 heavy (non-hydrogen) atoms. The second kappa shape index (κ2) is 8.78. The van der Waals surface area contributed by atoms with Crippen molar-refractivity contribution < 1.29 is 9.15 Å². The largest absolute Gasteiger partial charge is 0.455 e. The molecule has 3 aliphatic heterocycles. The van der Waals surface area contributed by atoms with Gasteiger partial charge in [-0.05, 0) is 87.5 Å². The van der Waals surface area contributed by atoms with Gasteiger partial charge < -0.3 is 18.5 Å². The predicted molar refractivity (Wildman–Crippen MR) is 205 cm³/mol. The first-order valence-corrected chi connectivity index (χ1v) is 17.4. The molecule has 0 N–H and O–H groups in total. The summed E-state index contributed by atoms with van der Waals surface area (Å²) in [7, 11) is 0. The topological polar surface area (TPSA) is 30.5 Å². The lowest BCUT2D eigenvalue weighted by molar-refractivity contribution is 0.477. The van der Waals surface area contributed by atoms with Crippen LogP contribution in [0.15, 0.2) is 108 Å². The standard InChI is InChI=1S/C44H35BN2O2/c1-43(2,3)24-18-19-32-27(20-24)28-21-25(44(4,5)6)22-30-38-39-34(23-29-26-12-7-9-15-35(26)49-42(29)38)46-33-14-8-10-16-36(33)48-37-17-11-13-31(41(37)46)45(39)47(32)40(28)30/h7-23H,1-6H3. The Hall–Kier alpha value is -5.42. The first-order chi connectivity index (χ1) is 23.6. The van der Waals surface area contributed by atoms with Crippen molar-refractivity contribution >= 4 is 78.6 Å². The number of aromatic nitrogens is 1. The van der Waals surface area contributed by atoms with Crippen LogP contribution in [-0.2, 0) is 10.8 Å².